The van der Waals surface area contributed by atoms with Crippen LogP contribution in [0.25, 0.3) is 0 Å². The van der Waals surface area contributed by atoms with Crippen LogP contribution >= 0.6 is 11.6 Å². The first-order chi connectivity index (χ1) is 7.27. The Hall–Kier alpha value is -0.570. The Morgan fingerprint density at radius 3 is 2.93 bits per heavy atom. The number of rotatable bonds is 3. The van der Waals surface area contributed by atoms with E-state index in [9.17, 15) is 0 Å². The third-order valence-corrected chi connectivity index (χ3v) is 3.13. The largest absolute Gasteiger partial charge is 0.380 e. The van der Waals surface area contributed by atoms with Gasteiger partial charge in [0.25, 0.3) is 0 Å². The molecule has 0 amide bonds. The zero-order valence-electron chi connectivity index (χ0n) is 8.87. The lowest BCUT2D eigenvalue weighted by atomic mass is 10.1. The van der Waals surface area contributed by atoms with Gasteiger partial charge in [-0.25, -0.2) is 0 Å². The molecule has 82 valence electrons. The normalized spacial score (nSPS) is 22.9. The highest BCUT2D eigenvalue weighted by atomic mass is 35.5. The maximum atomic E-state index is 6.13. The molecule has 1 aliphatic rings. The van der Waals surface area contributed by atoms with Crippen LogP contribution in [0.4, 0.5) is 0 Å². The summed E-state index contributed by atoms with van der Waals surface area (Å²) < 4.78 is 5.33. The lowest BCUT2D eigenvalue weighted by Crippen LogP contribution is -2.31. The minimum atomic E-state index is 0.283. The van der Waals surface area contributed by atoms with Gasteiger partial charge in [-0.3, -0.25) is 0 Å². The van der Waals surface area contributed by atoms with Gasteiger partial charge < -0.3 is 10.1 Å². The second-order valence-corrected chi connectivity index (χ2v) is 4.38. The molecule has 2 nitrogen and oxygen atoms in total. The van der Waals surface area contributed by atoms with Crippen LogP contribution in [0, 0.1) is 0 Å². The van der Waals surface area contributed by atoms with Crippen molar-refractivity contribution >= 4 is 11.6 Å². The van der Waals surface area contributed by atoms with Gasteiger partial charge in [0.05, 0.1) is 6.61 Å². The average molecular weight is 226 g/mol. The second kappa shape index (κ2) is 4.97. The van der Waals surface area contributed by atoms with Gasteiger partial charge in [-0.15, -0.1) is 0 Å². The number of halogens is 1. The molecule has 1 aromatic rings. The fourth-order valence-corrected chi connectivity index (χ4v) is 2.23. The predicted molar refractivity (Wildman–Crippen MR) is 62.2 cm³/mol. The molecule has 1 fully saturated rings. The van der Waals surface area contributed by atoms with E-state index in [0.29, 0.717) is 6.04 Å². The predicted octanol–water partition coefficient (Wildman–Crippen LogP) is 2.78. The Morgan fingerprint density at radius 2 is 2.27 bits per heavy atom. The van der Waals surface area contributed by atoms with E-state index < -0.39 is 0 Å². The van der Waals surface area contributed by atoms with Gasteiger partial charge in [-0.2, -0.15) is 0 Å². The van der Waals surface area contributed by atoms with Crippen LogP contribution in [0.2, 0.25) is 5.02 Å². The number of nitrogens with one attached hydrogen (secondary N) is 1. The number of hydrogen-bond acceptors (Lipinski definition) is 2. The van der Waals surface area contributed by atoms with Gasteiger partial charge in [-0.05, 0) is 25.0 Å². The van der Waals surface area contributed by atoms with Crippen molar-refractivity contribution in [2.45, 2.75) is 25.4 Å². The zero-order chi connectivity index (χ0) is 10.7. The lowest BCUT2D eigenvalue weighted by molar-refractivity contribution is 0.188. The average Bonchev–Trinajstić information content (AvgIpc) is 2.71. The molecular formula is C12H16ClNO. The molecule has 1 saturated heterocycles. The zero-order valence-corrected chi connectivity index (χ0v) is 9.63. The molecule has 0 bridgehead atoms. The molecule has 3 heteroatoms. The summed E-state index contributed by atoms with van der Waals surface area (Å²) in [6.07, 6.45) is 1.09. The fraction of sp³-hybridized carbons (Fsp3) is 0.500. The van der Waals surface area contributed by atoms with Crippen LogP contribution in [0.3, 0.4) is 0 Å². The molecule has 1 heterocycles. The SMILES string of the molecule is C[C@H](NC1CCOC1)c1ccccc1Cl. The van der Waals surface area contributed by atoms with E-state index >= 15 is 0 Å². The molecule has 1 unspecified atom stereocenters. The molecule has 15 heavy (non-hydrogen) atoms. The van der Waals surface area contributed by atoms with Gasteiger partial charge in [0.1, 0.15) is 0 Å². The van der Waals surface area contributed by atoms with Gasteiger partial charge in [0, 0.05) is 23.7 Å². The highest BCUT2D eigenvalue weighted by Crippen LogP contribution is 2.23. The van der Waals surface area contributed by atoms with Crippen LogP contribution in [-0.4, -0.2) is 19.3 Å². The van der Waals surface area contributed by atoms with Gasteiger partial charge in [-0.1, -0.05) is 29.8 Å². The highest BCUT2D eigenvalue weighted by Gasteiger charge is 2.18. The van der Waals surface area contributed by atoms with Gasteiger partial charge >= 0.3 is 0 Å². The third-order valence-electron chi connectivity index (χ3n) is 2.79. The minimum Gasteiger partial charge on any atom is -0.380 e. The van der Waals surface area contributed by atoms with Crippen LogP contribution in [0.15, 0.2) is 24.3 Å². The van der Waals surface area contributed by atoms with Crippen LogP contribution in [-0.2, 0) is 4.74 Å². The van der Waals surface area contributed by atoms with Gasteiger partial charge in [0.2, 0.25) is 0 Å². The molecule has 1 aromatic carbocycles. The summed E-state index contributed by atoms with van der Waals surface area (Å²) in [5.41, 5.74) is 1.16. The standard InChI is InChI=1S/C12H16ClNO/c1-9(14-10-6-7-15-8-10)11-4-2-3-5-12(11)13/h2-5,9-10,14H,6-8H2,1H3/t9-,10?/m0/s1. The summed E-state index contributed by atoms with van der Waals surface area (Å²) in [6.45, 7) is 3.82. The Kier molecular flexibility index (Phi) is 3.62. The Labute approximate surface area is 95.6 Å². The smallest absolute Gasteiger partial charge is 0.0620 e. The Balaban J connectivity index is 2.00. The Morgan fingerprint density at radius 1 is 1.47 bits per heavy atom. The molecule has 0 aliphatic carbocycles. The van der Waals surface area contributed by atoms with Crippen molar-refractivity contribution in [3.05, 3.63) is 34.9 Å². The molecular weight excluding hydrogens is 210 g/mol. The maximum absolute atomic E-state index is 6.13. The fourth-order valence-electron chi connectivity index (χ4n) is 1.94. The van der Waals surface area contributed by atoms with E-state index in [2.05, 4.69) is 18.3 Å². The van der Waals surface area contributed by atoms with Crippen molar-refractivity contribution < 1.29 is 4.74 Å². The third kappa shape index (κ3) is 2.71. The first kappa shape index (κ1) is 10.9. The summed E-state index contributed by atoms with van der Waals surface area (Å²) in [6, 6.07) is 8.72. The quantitative estimate of drug-likeness (QED) is 0.854. The molecule has 0 radical (unpaired) electrons. The van der Waals surface area contributed by atoms with Crippen LogP contribution in [0.1, 0.15) is 24.9 Å². The van der Waals surface area contributed by atoms with E-state index in [1.165, 1.54) is 0 Å². The van der Waals surface area contributed by atoms with Crippen molar-refractivity contribution in [2.75, 3.05) is 13.2 Å². The molecule has 1 N–H and O–H groups in total. The highest BCUT2D eigenvalue weighted by molar-refractivity contribution is 6.31. The summed E-state index contributed by atoms with van der Waals surface area (Å²) >= 11 is 6.13. The van der Waals surface area contributed by atoms with E-state index in [1.54, 1.807) is 0 Å². The molecule has 0 saturated carbocycles. The van der Waals surface area contributed by atoms with Crippen molar-refractivity contribution in [2.24, 2.45) is 0 Å². The first-order valence-corrected chi connectivity index (χ1v) is 5.73. The summed E-state index contributed by atoms with van der Waals surface area (Å²) in [7, 11) is 0. The van der Waals surface area contributed by atoms with Gasteiger partial charge in [0.15, 0.2) is 0 Å². The monoisotopic (exact) mass is 225 g/mol. The van der Waals surface area contributed by atoms with Crippen molar-refractivity contribution in [3.63, 3.8) is 0 Å². The summed E-state index contributed by atoms with van der Waals surface area (Å²) in [5.74, 6) is 0. The summed E-state index contributed by atoms with van der Waals surface area (Å²) in [4.78, 5) is 0. The molecule has 0 spiro atoms. The van der Waals surface area contributed by atoms with E-state index in [4.69, 9.17) is 16.3 Å². The van der Waals surface area contributed by atoms with Crippen molar-refractivity contribution in [3.8, 4) is 0 Å². The molecule has 1 aliphatic heterocycles. The first-order valence-electron chi connectivity index (χ1n) is 5.35. The molecule has 2 rings (SSSR count). The van der Waals surface area contributed by atoms with Crippen molar-refractivity contribution in [1.29, 1.82) is 0 Å². The topological polar surface area (TPSA) is 21.3 Å². The van der Waals surface area contributed by atoms with Crippen molar-refractivity contribution in [1.82, 2.24) is 5.32 Å². The number of benzene rings is 1. The van der Waals surface area contributed by atoms with E-state index in [1.807, 2.05) is 18.2 Å². The Bertz CT molecular complexity index is 323. The summed E-state index contributed by atoms with van der Waals surface area (Å²) in [5, 5.41) is 4.36. The van der Waals surface area contributed by atoms with Crippen LogP contribution < -0.4 is 5.32 Å². The maximum Gasteiger partial charge on any atom is 0.0620 e. The van der Waals surface area contributed by atoms with E-state index in [-0.39, 0.29) is 6.04 Å². The number of hydrogen-bond donors (Lipinski definition) is 1. The number of ether oxygens (including phenoxy) is 1. The lowest BCUT2D eigenvalue weighted by Gasteiger charge is -2.19. The molecule has 2 atom stereocenters. The second-order valence-electron chi connectivity index (χ2n) is 3.97. The van der Waals surface area contributed by atoms with Crippen LogP contribution in [0.5, 0.6) is 0 Å². The molecule has 0 aromatic heterocycles. The minimum absolute atomic E-state index is 0.283. The van der Waals surface area contributed by atoms with E-state index in [0.717, 1.165) is 30.2 Å².